The highest BCUT2D eigenvalue weighted by Gasteiger charge is 2.29. The average Bonchev–Trinajstić information content (AvgIpc) is 3.37. The molecule has 7 nitrogen and oxygen atoms in total. The van der Waals surface area contributed by atoms with Gasteiger partial charge in [-0.05, 0) is 50.1 Å². The molecule has 4 rings (SSSR count). The maximum atomic E-state index is 12.8. The minimum atomic E-state index is -0.168. The fourth-order valence-corrected chi connectivity index (χ4v) is 3.71. The molecule has 0 unspecified atom stereocenters. The van der Waals surface area contributed by atoms with E-state index in [0.29, 0.717) is 42.5 Å². The molecule has 0 radical (unpaired) electrons. The van der Waals surface area contributed by atoms with Crippen molar-refractivity contribution in [2.75, 3.05) is 18.4 Å². The Morgan fingerprint density at radius 2 is 1.97 bits per heavy atom. The van der Waals surface area contributed by atoms with Gasteiger partial charge in [0.05, 0.1) is 17.6 Å². The molecule has 2 amide bonds. The largest absolute Gasteiger partial charge is 0.459 e. The number of nitrogens with zero attached hydrogens (tertiary/aromatic N) is 3. The number of aromatic nitrogens is 2. The number of benzene rings is 1. The van der Waals surface area contributed by atoms with E-state index in [1.165, 1.54) is 6.26 Å². The summed E-state index contributed by atoms with van der Waals surface area (Å²) in [6.07, 6.45) is 2.68. The topological polar surface area (TPSA) is 80.4 Å². The van der Waals surface area contributed by atoms with E-state index >= 15 is 0 Å². The molecule has 2 aromatic heterocycles. The van der Waals surface area contributed by atoms with Gasteiger partial charge in [-0.2, -0.15) is 5.10 Å². The van der Waals surface area contributed by atoms with Crippen molar-refractivity contribution in [3.8, 4) is 5.69 Å². The third-order valence-corrected chi connectivity index (χ3v) is 5.26. The van der Waals surface area contributed by atoms with Gasteiger partial charge in [0.25, 0.3) is 5.91 Å². The Kier molecular flexibility index (Phi) is 5.40. The Morgan fingerprint density at radius 1 is 1.17 bits per heavy atom. The third kappa shape index (κ3) is 4.19. The van der Waals surface area contributed by atoms with Crippen LogP contribution in [-0.2, 0) is 4.79 Å². The number of anilines is 1. The number of carbonyl (C=O) groups is 2. The monoisotopic (exact) mass is 412 g/mol. The second-order valence-electron chi connectivity index (χ2n) is 7.10. The summed E-state index contributed by atoms with van der Waals surface area (Å²) in [5.41, 5.74) is 1.57. The van der Waals surface area contributed by atoms with Crippen LogP contribution in [-0.4, -0.2) is 39.6 Å². The van der Waals surface area contributed by atoms with Crippen LogP contribution in [0.3, 0.4) is 0 Å². The first kappa shape index (κ1) is 19.3. The average molecular weight is 413 g/mol. The molecule has 0 atom stereocenters. The van der Waals surface area contributed by atoms with Crippen molar-refractivity contribution in [3.63, 3.8) is 0 Å². The van der Waals surface area contributed by atoms with E-state index in [4.69, 9.17) is 16.0 Å². The van der Waals surface area contributed by atoms with Gasteiger partial charge in [-0.3, -0.25) is 9.59 Å². The Bertz CT molecular complexity index is 1020. The molecule has 0 saturated carbocycles. The summed E-state index contributed by atoms with van der Waals surface area (Å²) < 4.78 is 6.85. The summed E-state index contributed by atoms with van der Waals surface area (Å²) in [6.45, 7) is 2.91. The summed E-state index contributed by atoms with van der Waals surface area (Å²) in [7, 11) is 0. The van der Waals surface area contributed by atoms with Crippen LogP contribution in [0, 0.1) is 12.8 Å². The van der Waals surface area contributed by atoms with Gasteiger partial charge < -0.3 is 14.6 Å². The lowest BCUT2D eigenvalue weighted by Crippen LogP contribution is -2.41. The number of hydrogen-bond acceptors (Lipinski definition) is 4. The summed E-state index contributed by atoms with van der Waals surface area (Å²) in [4.78, 5) is 26.9. The fourth-order valence-electron chi connectivity index (χ4n) is 3.52. The highest BCUT2D eigenvalue weighted by molar-refractivity contribution is 6.30. The van der Waals surface area contributed by atoms with Crippen molar-refractivity contribution in [2.45, 2.75) is 19.8 Å². The van der Waals surface area contributed by atoms with Crippen molar-refractivity contribution in [1.29, 1.82) is 0 Å². The van der Waals surface area contributed by atoms with E-state index in [1.807, 2.05) is 25.1 Å². The van der Waals surface area contributed by atoms with Crippen molar-refractivity contribution in [3.05, 3.63) is 65.2 Å². The summed E-state index contributed by atoms with van der Waals surface area (Å²) in [5.74, 6) is 0.554. The molecule has 1 saturated heterocycles. The summed E-state index contributed by atoms with van der Waals surface area (Å²) in [5, 5.41) is 8.05. The molecule has 3 heterocycles. The number of nitrogens with one attached hydrogen (secondary N) is 1. The van der Waals surface area contributed by atoms with E-state index in [1.54, 1.807) is 33.8 Å². The van der Waals surface area contributed by atoms with Crippen molar-refractivity contribution in [2.24, 2.45) is 5.92 Å². The highest BCUT2D eigenvalue weighted by atomic mass is 35.5. The van der Waals surface area contributed by atoms with Crippen LogP contribution >= 0.6 is 11.6 Å². The number of furan rings is 1. The Hall–Kier alpha value is -3.06. The Labute approximate surface area is 173 Å². The molecule has 3 aromatic rings. The van der Waals surface area contributed by atoms with E-state index in [-0.39, 0.29) is 17.7 Å². The predicted octanol–water partition coefficient (Wildman–Crippen LogP) is 3.92. The van der Waals surface area contributed by atoms with Gasteiger partial charge in [-0.1, -0.05) is 17.7 Å². The molecular weight excluding hydrogens is 392 g/mol. The van der Waals surface area contributed by atoms with E-state index in [0.717, 1.165) is 11.4 Å². The quantitative estimate of drug-likeness (QED) is 0.704. The predicted molar refractivity (Wildman–Crippen MR) is 109 cm³/mol. The molecule has 0 aliphatic carbocycles. The zero-order valence-electron chi connectivity index (χ0n) is 16.0. The van der Waals surface area contributed by atoms with Crippen LogP contribution in [0.2, 0.25) is 5.02 Å². The number of likely N-dealkylation sites (tertiary alicyclic amines) is 1. The van der Waals surface area contributed by atoms with Crippen LogP contribution in [0.25, 0.3) is 5.69 Å². The molecule has 1 aromatic carbocycles. The lowest BCUT2D eigenvalue weighted by atomic mass is 9.95. The fraction of sp³-hybridized carbons (Fsp3) is 0.286. The van der Waals surface area contributed by atoms with Crippen molar-refractivity contribution >= 4 is 29.2 Å². The molecular formula is C21H21ClN4O3. The number of piperidine rings is 1. The number of aryl methyl sites for hydroxylation is 1. The SMILES string of the molecule is Cc1cc(NC(=O)C2CCN(C(=O)c3ccco3)CC2)n(-c2cccc(Cl)c2)n1. The van der Waals surface area contributed by atoms with Gasteiger partial charge in [-0.15, -0.1) is 0 Å². The third-order valence-electron chi connectivity index (χ3n) is 5.02. The lowest BCUT2D eigenvalue weighted by molar-refractivity contribution is -0.121. The van der Waals surface area contributed by atoms with Crippen molar-refractivity contribution in [1.82, 2.24) is 14.7 Å². The first-order valence-electron chi connectivity index (χ1n) is 9.47. The number of amides is 2. The molecule has 8 heteroatoms. The molecule has 0 spiro atoms. The molecule has 1 fully saturated rings. The van der Waals surface area contributed by atoms with Crippen molar-refractivity contribution < 1.29 is 14.0 Å². The van der Waals surface area contributed by atoms with Gasteiger partial charge >= 0.3 is 0 Å². The first-order valence-corrected chi connectivity index (χ1v) is 9.85. The van der Waals surface area contributed by atoms with Gasteiger partial charge in [0.2, 0.25) is 5.91 Å². The molecule has 150 valence electrons. The zero-order chi connectivity index (χ0) is 20.4. The Morgan fingerprint density at radius 3 is 2.66 bits per heavy atom. The second-order valence-corrected chi connectivity index (χ2v) is 7.53. The minimum absolute atomic E-state index is 0.0710. The maximum Gasteiger partial charge on any atom is 0.289 e. The van der Waals surface area contributed by atoms with Gasteiger partial charge in [0.15, 0.2) is 5.76 Å². The van der Waals surface area contributed by atoms with E-state index in [9.17, 15) is 9.59 Å². The molecule has 1 aliphatic rings. The number of halogens is 1. The lowest BCUT2D eigenvalue weighted by Gasteiger charge is -2.30. The van der Waals surface area contributed by atoms with Crippen LogP contribution in [0.5, 0.6) is 0 Å². The van der Waals surface area contributed by atoms with Crippen LogP contribution in [0.1, 0.15) is 29.1 Å². The zero-order valence-corrected chi connectivity index (χ0v) is 16.7. The molecule has 29 heavy (non-hydrogen) atoms. The minimum Gasteiger partial charge on any atom is -0.459 e. The molecule has 1 N–H and O–H groups in total. The van der Waals surface area contributed by atoms with Crippen LogP contribution in [0.4, 0.5) is 5.82 Å². The molecule has 0 bridgehead atoms. The smallest absolute Gasteiger partial charge is 0.289 e. The summed E-state index contributed by atoms with van der Waals surface area (Å²) in [6, 6.07) is 12.5. The molecule has 1 aliphatic heterocycles. The first-order chi connectivity index (χ1) is 14.0. The standard InChI is InChI=1S/C21H21ClN4O3/c1-14-12-19(26(24-14)17-5-2-4-16(22)13-17)23-20(27)15-7-9-25(10-8-15)21(28)18-6-3-11-29-18/h2-6,11-13,15H,7-10H2,1H3,(H,23,27). The van der Waals surface area contributed by atoms with Gasteiger partial charge in [0.1, 0.15) is 5.82 Å². The van der Waals surface area contributed by atoms with E-state index in [2.05, 4.69) is 10.4 Å². The normalized spacial score (nSPS) is 14.8. The number of hydrogen-bond donors (Lipinski definition) is 1. The van der Waals surface area contributed by atoms with Crippen LogP contribution in [0.15, 0.2) is 53.1 Å². The van der Waals surface area contributed by atoms with E-state index < -0.39 is 0 Å². The number of carbonyl (C=O) groups excluding carboxylic acids is 2. The Balaban J connectivity index is 1.41. The van der Waals surface area contributed by atoms with Gasteiger partial charge in [0, 0.05) is 30.1 Å². The second kappa shape index (κ2) is 8.13. The maximum absolute atomic E-state index is 12.8. The number of rotatable bonds is 4. The highest BCUT2D eigenvalue weighted by Crippen LogP contribution is 2.24. The van der Waals surface area contributed by atoms with Gasteiger partial charge in [-0.25, -0.2) is 4.68 Å². The van der Waals surface area contributed by atoms with Crippen LogP contribution < -0.4 is 5.32 Å². The summed E-state index contributed by atoms with van der Waals surface area (Å²) >= 11 is 6.09.